The molecule has 1 nitrogen and oxygen atoms in total. The molecule has 0 heterocycles. The summed E-state index contributed by atoms with van der Waals surface area (Å²) in [6.07, 6.45) is 26.3. The highest BCUT2D eigenvalue weighted by molar-refractivity contribution is 4.82. The summed E-state index contributed by atoms with van der Waals surface area (Å²) in [6.45, 7) is 5.65. The smallest absolute Gasteiger partial charge is 0.0575 e. The predicted molar refractivity (Wildman–Crippen MR) is 115 cm³/mol. The van der Waals surface area contributed by atoms with Crippen molar-refractivity contribution in [1.82, 2.24) is 0 Å². The van der Waals surface area contributed by atoms with Crippen molar-refractivity contribution < 1.29 is 4.74 Å². The van der Waals surface area contributed by atoms with Crippen molar-refractivity contribution in [3.05, 3.63) is 0 Å². The number of hydrogen-bond donors (Lipinski definition) is 0. The van der Waals surface area contributed by atoms with Crippen LogP contribution < -0.4 is 0 Å². The van der Waals surface area contributed by atoms with Crippen LogP contribution in [-0.4, -0.2) is 12.7 Å². The average molecular weight is 365 g/mol. The zero-order valence-electron chi connectivity index (χ0n) is 18.2. The zero-order chi connectivity index (χ0) is 18.5. The van der Waals surface area contributed by atoms with Gasteiger partial charge in [0.05, 0.1) is 6.10 Å². The molecule has 0 radical (unpaired) electrons. The van der Waals surface area contributed by atoms with Gasteiger partial charge in [-0.05, 0) is 62.7 Å². The molecule has 1 heteroatoms. The topological polar surface area (TPSA) is 9.23 Å². The van der Waals surface area contributed by atoms with Crippen LogP contribution in [-0.2, 0) is 4.74 Å². The second-order valence-electron chi connectivity index (χ2n) is 9.45. The Morgan fingerprint density at radius 3 is 1.73 bits per heavy atom. The van der Waals surface area contributed by atoms with E-state index in [2.05, 4.69) is 13.8 Å². The van der Waals surface area contributed by atoms with Gasteiger partial charge in [0.1, 0.15) is 0 Å². The Kier molecular flexibility index (Phi) is 12.0. The van der Waals surface area contributed by atoms with Gasteiger partial charge in [-0.3, -0.25) is 0 Å². The molecular formula is C25H48O. The Morgan fingerprint density at radius 1 is 0.577 bits per heavy atom. The minimum atomic E-state index is 0.590. The van der Waals surface area contributed by atoms with Crippen molar-refractivity contribution >= 4 is 0 Å². The van der Waals surface area contributed by atoms with Crippen molar-refractivity contribution in [3.63, 3.8) is 0 Å². The van der Waals surface area contributed by atoms with Gasteiger partial charge in [0.15, 0.2) is 0 Å². The standard InChI is InChI=1S/C25H48O/c1-3-5-7-8-9-10-11-21-26-25-19-17-24(18-20-25)23-15-13-22(14-16-23)12-6-4-2/h22-25H,3-21H2,1-2H3. The van der Waals surface area contributed by atoms with E-state index in [1.54, 1.807) is 0 Å². The first-order valence-corrected chi connectivity index (χ1v) is 12.4. The Balaban J connectivity index is 1.46. The Morgan fingerprint density at radius 2 is 1.12 bits per heavy atom. The summed E-state index contributed by atoms with van der Waals surface area (Å²) in [4.78, 5) is 0. The maximum atomic E-state index is 6.21. The molecule has 0 aromatic heterocycles. The second-order valence-corrected chi connectivity index (χ2v) is 9.45. The Bertz CT molecular complexity index is 310. The van der Waals surface area contributed by atoms with Gasteiger partial charge in [0.25, 0.3) is 0 Å². The molecule has 0 aliphatic heterocycles. The van der Waals surface area contributed by atoms with Gasteiger partial charge >= 0.3 is 0 Å². The summed E-state index contributed by atoms with van der Waals surface area (Å²) in [5.41, 5.74) is 0. The molecule has 0 saturated heterocycles. The van der Waals surface area contributed by atoms with E-state index in [1.165, 1.54) is 116 Å². The summed E-state index contributed by atoms with van der Waals surface area (Å²) in [5.74, 6) is 3.14. The molecule has 0 bridgehead atoms. The highest BCUT2D eigenvalue weighted by Crippen LogP contribution is 2.41. The lowest BCUT2D eigenvalue weighted by molar-refractivity contribution is 0.00527. The van der Waals surface area contributed by atoms with E-state index in [4.69, 9.17) is 4.74 Å². The monoisotopic (exact) mass is 364 g/mol. The summed E-state index contributed by atoms with van der Waals surface area (Å²) in [5, 5.41) is 0. The number of hydrogen-bond acceptors (Lipinski definition) is 1. The maximum absolute atomic E-state index is 6.21. The number of ether oxygens (including phenoxy) is 1. The van der Waals surface area contributed by atoms with Crippen LogP contribution >= 0.6 is 0 Å². The van der Waals surface area contributed by atoms with Gasteiger partial charge in [0, 0.05) is 6.61 Å². The molecule has 0 atom stereocenters. The lowest BCUT2D eigenvalue weighted by atomic mass is 9.70. The molecule has 26 heavy (non-hydrogen) atoms. The van der Waals surface area contributed by atoms with Gasteiger partial charge < -0.3 is 4.74 Å². The van der Waals surface area contributed by atoms with Crippen LogP contribution in [0.5, 0.6) is 0 Å². The van der Waals surface area contributed by atoms with Crippen LogP contribution in [0.2, 0.25) is 0 Å². The van der Waals surface area contributed by atoms with Crippen molar-refractivity contribution in [1.29, 1.82) is 0 Å². The van der Waals surface area contributed by atoms with Crippen LogP contribution in [0, 0.1) is 17.8 Å². The molecular weight excluding hydrogens is 316 g/mol. The molecule has 0 aromatic rings. The van der Waals surface area contributed by atoms with Gasteiger partial charge in [-0.2, -0.15) is 0 Å². The van der Waals surface area contributed by atoms with Crippen molar-refractivity contribution in [3.8, 4) is 0 Å². The molecule has 154 valence electrons. The van der Waals surface area contributed by atoms with E-state index in [1.807, 2.05) is 0 Å². The third-order valence-corrected chi connectivity index (χ3v) is 7.34. The number of unbranched alkanes of at least 4 members (excludes halogenated alkanes) is 7. The summed E-state index contributed by atoms with van der Waals surface area (Å²) < 4.78 is 6.21. The maximum Gasteiger partial charge on any atom is 0.0575 e. The Hall–Kier alpha value is -0.0400. The fraction of sp³-hybridized carbons (Fsp3) is 1.00. The van der Waals surface area contributed by atoms with Gasteiger partial charge in [0.2, 0.25) is 0 Å². The highest BCUT2D eigenvalue weighted by atomic mass is 16.5. The number of rotatable bonds is 13. The molecule has 2 saturated carbocycles. The van der Waals surface area contributed by atoms with Crippen LogP contribution in [0.3, 0.4) is 0 Å². The fourth-order valence-electron chi connectivity index (χ4n) is 5.48. The largest absolute Gasteiger partial charge is 0.378 e. The van der Waals surface area contributed by atoms with E-state index in [0.717, 1.165) is 24.4 Å². The fourth-order valence-corrected chi connectivity index (χ4v) is 5.48. The predicted octanol–water partition coefficient (Wildman–Crippen LogP) is 8.31. The third-order valence-electron chi connectivity index (χ3n) is 7.34. The molecule has 2 fully saturated rings. The van der Waals surface area contributed by atoms with Crippen LogP contribution in [0.25, 0.3) is 0 Å². The third kappa shape index (κ3) is 8.77. The van der Waals surface area contributed by atoms with Crippen LogP contribution in [0.4, 0.5) is 0 Å². The van der Waals surface area contributed by atoms with E-state index < -0.39 is 0 Å². The highest BCUT2D eigenvalue weighted by Gasteiger charge is 2.30. The lowest BCUT2D eigenvalue weighted by Crippen LogP contribution is -2.28. The molecule has 0 amide bonds. The lowest BCUT2D eigenvalue weighted by Gasteiger charge is -2.37. The molecule has 0 N–H and O–H groups in total. The molecule has 2 aliphatic carbocycles. The average Bonchev–Trinajstić information content (AvgIpc) is 2.69. The van der Waals surface area contributed by atoms with Crippen LogP contribution in [0.15, 0.2) is 0 Å². The first-order chi connectivity index (χ1) is 12.8. The van der Waals surface area contributed by atoms with Crippen LogP contribution in [0.1, 0.15) is 129 Å². The van der Waals surface area contributed by atoms with Gasteiger partial charge in [-0.1, -0.05) is 84.5 Å². The summed E-state index contributed by atoms with van der Waals surface area (Å²) >= 11 is 0. The SMILES string of the molecule is CCCCCCCCCOC1CCC(C2CCC(CCCC)CC2)CC1. The molecule has 2 aliphatic rings. The van der Waals surface area contributed by atoms with Crippen molar-refractivity contribution in [2.45, 2.75) is 136 Å². The molecule has 0 unspecified atom stereocenters. The molecule has 0 spiro atoms. The van der Waals surface area contributed by atoms with E-state index >= 15 is 0 Å². The van der Waals surface area contributed by atoms with E-state index in [0.29, 0.717) is 6.10 Å². The minimum Gasteiger partial charge on any atom is -0.378 e. The molecule has 2 rings (SSSR count). The van der Waals surface area contributed by atoms with Crippen molar-refractivity contribution in [2.24, 2.45) is 17.8 Å². The second kappa shape index (κ2) is 14.0. The first kappa shape index (κ1) is 22.3. The molecule has 0 aromatic carbocycles. The summed E-state index contributed by atoms with van der Waals surface area (Å²) in [7, 11) is 0. The van der Waals surface area contributed by atoms with Gasteiger partial charge in [-0.25, -0.2) is 0 Å². The summed E-state index contributed by atoms with van der Waals surface area (Å²) in [6, 6.07) is 0. The first-order valence-electron chi connectivity index (χ1n) is 12.4. The zero-order valence-corrected chi connectivity index (χ0v) is 18.2. The Labute approximate surface area is 165 Å². The van der Waals surface area contributed by atoms with Gasteiger partial charge in [-0.15, -0.1) is 0 Å². The van der Waals surface area contributed by atoms with E-state index in [9.17, 15) is 0 Å². The van der Waals surface area contributed by atoms with Crippen molar-refractivity contribution in [2.75, 3.05) is 6.61 Å². The normalized spacial score (nSPS) is 29.8. The van der Waals surface area contributed by atoms with E-state index in [-0.39, 0.29) is 0 Å². The minimum absolute atomic E-state index is 0.590. The quantitative estimate of drug-likeness (QED) is 0.298.